The molecule has 0 saturated heterocycles. The number of fused-ring (bicyclic) bond motifs is 1. The molecule has 0 bridgehead atoms. The Morgan fingerprint density at radius 2 is 1.71 bits per heavy atom. The zero-order valence-electron chi connectivity index (χ0n) is 20.8. The van der Waals surface area contributed by atoms with Crippen LogP contribution in [0.4, 0.5) is 17.2 Å². The van der Waals surface area contributed by atoms with Gasteiger partial charge in [0.15, 0.2) is 5.75 Å². The molecule has 0 atom stereocenters. The van der Waals surface area contributed by atoms with Crippen LogP contribution >= 0.6 is 0 Å². The van der Waals surface area contributed by atoms with Crippen molar-refractivity contribution in [3.8, 4) is 5.75 Å². The molecule has 2 heterocycles. The lowest BCUT2D eigenvalue weighted by Crippen LogP contribution is -2.40. The number of ether oxygens (including phenoxy) is 1. The third-order valence-corrected chi connectivity index (χ3v) is 6.51. The highest BCUT2D eigenvalue weighted by molar-refractivity contribution is 7.90. The van der Waals surface area contributed by atoms with Crippen LogP contribution < -0.4 is 14.8 Å². The Labute approximate surface area is 207 Å². The summed E-state index contributed by atoms with van der Waals surface area (Å²) in [5.41, 5.74) is 0.569. The van der Waals surface area contributed by atoms with E-state index in [1.807, 2.05) is 39.8 Å². The van der Waals surface area contributed by atoms with Crippen LogP contribution in [0.15, 0.2) is 48.9 Å². The van der Waals surface area contributed by atoms with Gasteiger partial charge in [0.2, 0.25) is 0 Å². The van der Waals surface area contributed by atoms with Gasteiger partial charge in [-0.1, -0.05) is 40.7 Å². The smallest absolute Gasteiger partial charge is 0.311 e. The minimum atomic E-state index is -3.91. The van der Waals surface area contributed by atoms with Crippen molar-refractivity contribution >= 4 is 44.1 Å². The summed E-state index contributed by atoms with van der Waals surface area (Å²) in [6, 6.07) is 8.63. The maximum Gasteiger partial charge on any atom is 0.311 e. The summed E-state index contributed by atoms with van der Waals surface area (Å²) in [5.74, 6) is 0.408. The van der Waals surface area contributed by atoms with Crippen molar-refractivity contribution in [2.75, 3.05) is 23.1 Å². The Morgan fingerprint density at radius 1 is 1.03 bits per heavy atom. The van der Waals surface area contributed by atoms with Gasteiger partial charge >= 0.3 is 16.2 Å². The van der Waals surface area contributed by atoms with Crippen LogP contribution in [0, 0.1) is 11.8 Å². The van der Waals surface area contributed by atoms with E-state index < -0.39 is 16.2 Å². The van der Waals surface area contributed by atoms with Crippen LogP contribution in [0.25, 0.3) is 10.8 Å². The summed E-state index contributed by atoms with van der Waals surface area (Å²) in [4.78, 5) is 20.8. The highest BCUT2D eigenvalue weighted by Crippen LogP contribution is 2.37. The Hall–Kier alpha value is -3.24. The molecule has 3 aromatic rings. The van der Waals surface area contributed by atoms with Gasteiger partial charge in [0.25, 0.3) is 0 Å². The van der Waals surface area contributed by atoms with Gasteiger partial charge in [-0.3, -0.25) is 14.5 Å². The molecule has 0 radical (unpaired) electrons. The number of rotatable bonds is 11. The average Bonchev–Trinajstić information content (AvgIpc) is 2.80. The topological polar surface area (TPSA) is 114 Å². The number of carbonyl (C=O) groups is 1. The molecule has 0 aliphatic rings. The van der Waals surface area contributed by atoms with Crippen LogP contribution in [0.2, 0.25) is 0 Å². The van der Waals surface area contributed by atoms with E-state index in [-0.39, 0.29) is 29.7 Å². The second-order valence-corrected chi connectivity index (χ2v) is 10.8. The summed E-state index contributed by atoms with van der Waals surface area (Å²) >= 11 is 0. The summed E-state index contributed by atoms with van der Waals surface area (Å²) < 4.78 is 36.4. The van der Waals surface area contributed by atoms with E-state index in [2.05, 4.69) is 20.0 Å². The number of nitrogens with one attached hydrogen (secondary N) is 2. The van der Waals surface area contributed by atoms with Gasteiger partial charge in [0, 0.05) is 48.9 Å². The average molecular weight is 500 g/mol. The number of hydrogen-bond acceptors (Lipinski definition) is 7. The van der Waals surface area contributed by atoms with Crippen LogP contribution in [-0.4, -0.2) is 41.7 Å². The lowest BCUT2D eigenvalue weighted by Gasteiger charge is -2.26. The quantitative estimate of drug-likeness (QED) is 0.283. The lowest BCUT2D eigenvalue weighted by molar-refractivity contribution is -0.133. The maximum absolute atomic E-state index is 13.4. The predicted molar refractivity (Wildman–Crippen MR) is 139 cm³/mol. The summed E-state index contributed by atoms with van der Waals surface area (Å²) in [6.45, 7) is 10.3. The first-order chi connectivity index (χ1) is 16.6. The molecule has 1 aromatic carbocycles. The first-order valence-corrected chi connectivity index (χ1v) is 13.1. The fourth-order valence-corrected chi connectivity index (χ4v) is 5.10. The van der Waals surface area contributed by atoms with Gasteiger partial charge in [-0.05, 0) is 36.1 Å². The Bertz CT molecular complexity index is 1260. The van der Waals surface area contributed by atoms with Crippen LogP contribution in [0.3, 0.4) is 0 Å². The maximum atomic E-state index is 13.4. The van der Waals surface area contributed by atoms with E-state index in [0.29, 0.717) is 24.6 Å². The zero-order valence-corrected chi connectivity index (χ0v) is 21.6. The van der Waals surface area contributed by atoms with Crippen molar-refractivity contribution in [2.45, 2.75) is 41.0 Å². The lowest BCUT2D eigenvalue weighted by atomic mass is 10.2. The zero-order chi connectivity index (χ0) is 25.6. The molecule has 35 heavy (non-hydrogen) atoms. The number of carbonyl (C=O) groups excluding carboxylic acids is 1. The number of para-hydroxylation sites is 1. The first kappa shape index (κ1) is 26.4. The second kappa shape index (κ2) is 11.5. The van der Waals surface area contributed by atoms with Crippen molar-refractivity contribution in [2.24, 2.45) is 11.8 Å². The molecular weight excluding hydrogens is 466 g/mol. The molecule has 0 spiro atoms. The monoisotopic (exact) mass is 499 g/mol. The highest BCUT2D eigenvalue weighted by Gasteiger charge is 2.26. The van der Waals surface area contributed by atoms with Crippen molar-refractivity contribution < 1.29 is 17.9 Å². The van der Waals surface area contributed by atoms with E-state index in [1.165, 1.54) is 4.31 Å². The molecule has 0 aliphatic heterocycles. The van der Waals surface area contributed by atoms with Crippen molar-refractivity contribution in [1.29, 1.82) is 0 Å². The minimum Gasteiger partial charge on any atom is -0.422 e. The fourth-order valence-electron chi connectivity index (χ4n) is 3.54. The van der Waals surface area contributed by atoms with Crippen molar-refractivity contribution in [3.05, 3.63) is 48.9 Å². The number of aromatic nitrogens is 2. The van der Waals surface area contributed by atoms with Gasteiger partial charge in [0.1, 0.15) is 5.82 Å². The molecule has 10 heteroatoms. The number of anilines is 3. The van der Waals surface area contributed by atoms with Crippen LogP contribution in [-0.2, 0) is 15.0 Å². The normalized spacial score (nSPS) is 11.9. The summed E-state index contributed by atoms with van der Waals surface area (Å²) in [5, 5.41) is 4.90. The summed E-state index contributed by atoms with van der Waals surface area (Å²) in [7, 11) is -3.91. The van der Waals surface area contributed by atoms with Gasteiger partial charge in [-0.2, -0.15) is 12.7 Å². The standard InChI is InChI=1S/C25H33N5O4S/c1-6-23(31)34-24-21(28-25-20-11-12-26-14-19(20)10-13-27-25)8-7-9-22(24)29-35(32,33)30(15-17(2)3)16-18(4)5/h7-14,17-18,29H,6,15-16H2,1-5H3,(H,27,28). The van der Waals surface area contributed by atoms with Gasteiger partial charge in [-0.15, -0.1) is 0 Å². The Morgan fingerprint density at radius 3 is 2.37 bits per heavy atom. The third-order valence-electron chi connectivity index (χ3n) is 5.05. The van der Waals surface area contributed by atoms with Crippen LogP contribution in [0.1, 0.15) is 41.0 Å². The molecule has 9 nitrogen and oxygen atoms in total. The van der Waals surface area contributed by atoms with Gasteiger partial charge < -0.3 is 10.1 Å². The van der Waals surface area contributed by atoms with E-state index in [4.69, 9.17) is 4.74 Å². The Balaban J connectivity index is 2.03. The third kappa shape index (κ3) is 6.89. The van der Waals surface area contributed by atoms with Crippen molar-refractivity contribution in [1.82, 2.24) is 14.3 Å². The number of benzene rings is 1. The molecule has 3 rings (SSSR count). The number of nitrogens with zero attached hydrogens (tertiary/aromatic N) is 3. The minimum absolute atomic E-state index is 0.0878. The van der Waals surface area contributed by atoms with Crippen molar-refractivity contribution in [3.63, 3.8) is 0 Å². The number of esters is 1. The molecule has 0 amide bonds. The second-order valence-electron chi connectivity index (χ2n) is 9.10. The van der Waals surface area contributed by atoms with Gasteiger partial charge in [0.05, 0.1) is 11.4 Å². The molecule has 2 N–H and O–H groups in total. The number of hydrogen-bond donors (Lipinski definition) is 2. The largest absolute Gasteiger partial charge is 0.422 e. The van der Waals surface area contributed by atoms with E-state index in [0.717, 1.165) is 10.8 Å². The summed E-state index contributed by atoms with van der Waals surface area (Å²) in [6.07, 6.45) is 5.16. The predicted octanol–water partition coefficient (Wildman–Crippen LogP) is 4.96. The van der Waals surface area contributed by atoms with E-state index in [1.54, 1.807) is 43.7 Å². The molecule has 188 valence electrons. The number of pyridine rings is 2. The Kier molecular flexibility index (Phi) is 8.63. The molecule has 0 fully saturated rings. The molecular formula is C25H33N5O4S. The fraction of sp³-hybridized carbons (Fsp3) is 0.400. The SMILES string of the molecule is CCC(=O)Oc1c(Nc2nccc3cnccc23)cccc1NS(=O)(=O)N(CC(C)C)CC(C)C. The van der Waals surface area contributed by atoms with E-state index >= 15 is 0 Å². The highest BCUT2D eigenvalue weighted by atomic mass is 32.2. The van der Waals surface area contributed by atoms with Crippen LogP contribution in [0.5, 0.6) is 5.75 Å². The molecule has 0 saturated carbocycles. The molecule has 0 aliphatic carbocycles. The molecule has 0 unspecified atom stereocenters. The first-order valence-electron chi connectivity index (χ1n) is 11.7. The van der Waals surface area contributed by atoms with E-state index in [9.17, 15) is 13.2 Å². The molecule has 2 aromatic heterocycles. The van der Waals surface area contributed by atoms with Gasteiger partial charge in [-0.25, -0.2) is 4.98 Å².